The van der Waals surface area contributed by atoms with Crippen LogP contribution in [0.5, 0.6) is 17.2 Å². The van der Waals surface area contributed by atoms with E-state index in [1.54, 1.807) is 36.4 Å². The van der Waals surface area contributed by atoms with Crippen LogP contribution in [0.4, 0.5) is 5.69 Å². The van der Waals surface area contributed by atoms with Crippen molar-refractivity contribution in [3.8, 4) is 17.2 Å². The maximum atomic E-state index is 11.4. The molecular weight excluding hydrogens is 256 g/mol. The molecule has 0 radical (unpaired) electrons. The smallest absolute Gasteiger partial charge is 0.252 e. The van der Waals surface area contributed by atoms with Crippen LogP contribution < -0.4 is 20.9 Å². The summed E-state index contributed by atoms with van der Waals surface area (Å²) in [7, 11) is 0. The summed E-state index contributed by atoms with van der Waals surface area (Å²) in [6, 6.07) is 11.8. The molecule has 0 fully saturated rings. The van der Waals surface area contributed by atoms with Crippen molar-refractivity contribution in [3.05, 3.63) is 48.0 Å². The van der Waals surface area contributed by atoms with Crippen LogP contribution in [-0.2, 0) is 0 Å². The number of hydrogen-bond donors (Lipinski definition) is 2. The van der Waals surface area contributed by atoms with Crippen molar-refractivity contribution in [2.45, 2.75) is 6.92 Å². The zero-order valence-electron chi connectivity index (χ0n) is 11.1. The van der Waals surface area contributed by atoms with Crippen molar-refractivity contribution in [1.82, 2.24) is 0 Å². The lowest BCUT2D eigenvalue weighted by molar-refractivity contribution is 0.0998. The molecule has 0 atom stereocenters. The summed E-state index contributed by atoms with van der Waals surface area (Å²) in [6.07, 6.45) is 0. The molecule has 1 amide bonds. The highest BCUT2D eigenvalue weighted by Gasteiger charge is 2.11. The van der Waals surface area contributed by atoms with E-state index in [2.05, 4.69) is 0 Å². The van der Waals surface area contributed by atoms with E-state index in [-0.39, 0.29) is 5.56 Å². The van der Waals surface area contributed by atoms with Gasteiger partial charge in [-0.2, -0.15) is 0 Å². The predicted octanol–water partition coefficient (Wildman–Crippen LogP) is 2.56. The number of nitrogens with two attached hydrogens (primary N) is 2. The van der Waals surface area contributed by atoms with Gasteiger partial charge < -0.3 is 20.9 Å². The summed E-state index contributed by atoms with van der Waals surface area (Å²) in [5, 5.41) is 0. The van der Waals surface area contributed by atoms with Crippen LogP contribution in [0.25, 0.3) is 0 Å². The zero-order chi connectivity index (χ0) is 14.5. The highest BCUT2D eigenvalue weighted by molar-refractivity contribution is 5.96. The second-order valence-corrected chi connectivity index (χ2v) is 4.13. The minimum atomic E-state index is -0.569. The Morgan fingerprint density at radius 3 is 2.60 bits per heavy atom. The molecule has 2 aromatic rings. The highest BCUT2D eigenvalue weighted by atomic mass is 16.5. The molecule has 0 aliphatic rings. The molecule has 0 aromatic heterocycles. The van der Waals surface area contributed by atoms with Crippen molar-refractivity contribution >= 4 is 11.6 Å². The van der Waals surface area contributed by atoms with Gasteiger partial charge in [0.1, 0.15) is 17.2 Å². The molecule has 0 saturated carbocycles. The topological polar surface area (TPSA) is 87.6 Å². The van der Waals surface area contributed by atoms with Gasteiger partial charge in [-0.1, -0.05) is 6.07 Å². The fraction of sp³-hybridized carbons (Fsp3) is 0.133. The number of nitrogen functional groups attached to an aromatic ring is 1. The van der Waals surface area contributed by atoms with E-state index in [9.17, 15) is 4.79 Å². The molecule has 0 aliphatic heterocycles. The van der Waals surface area contributed by atoms with Crippen molar-refractivity contribution in [2.75, 3.05) is 12.3 Å². The number of amides is 1. The van der Waals surface area contributed by atoms with E-state index in [1.165, 1.54) is 0 Å². The second kappa shape index (κ2) is 5.97. The van der Waals surface area contributed by atoms with Gasteiger partial charge in [0.25, 0.3) is 5.91 Å². The van der Waals surface area contributed by atoms with Gasteiger partial charge in [0, 0.05) is 17.8 Å². The molecule has 0 spiro atoms. The third kappa shape index (κ3) is 3.20. The quantitative estimate of drug-likeness (QED) is 0.819. The zero-order valence-corrected chi connectivity index (χ0v) is 11.1. The van der Waals surface area contributed by atoms with Crippen LogP contribution in [0.15, 0.2) is 42.5 Å². The predicted molar refractivity (Wildman–Crippen MR) is 77.1 cm³/mol. The first kappa shape index (κ1) is 13.7. The number of carbonyl (C=O) groups is 1. The number of rotatable bonds is 5. The lowest BCUT2D eigenvalue weighted by Gasteiger charge is -2.11. The third-order valence-corrected chi connectivity index (χ3v) is 2.62. The van der Waals surface area contributed by atoms with Crippen molar-refractivity contribution in [3.63, 3.8) is 0 Å². The van der Waals surface area contributed by atoms with E-state index in [4.69, 9.17) is 20.9 Å². The van der Waals surface area contributed by atoms with E-state index >= 15 is 0 Å². The normalized spacial score (nSPS) is 10.1. The summed E-state index contributed by atoms with van der Waals surface area (Å²) in [6.45, 7) is 2.46. The SMILES string of the molecule is CCOc1cccc(Oc2cc(N)ccc2C(N)=O)c1. The number of anilines is 1. The molecule has 0 unspecified atom stereocenters. The van der Waals surface area contributed by atoms with Gasteiger partial charge in [-0.3, -0.25) is 4.79 Å². The third-order valence-electron chi connectivity index (χ3n) is 2.62. The Hall–Kier alpha value is -2.69. The largest absolute Gasteiger partial charge is 0.494 e. The van der Waals surface area contributed by atoms with E-state index in [0.29, 0.717) is 29.5 Å². The Labute approximate surface area is 117 Å². The maximum Gasteiger partial charge on any atom is 0.252 e. The Morgan fingerprint density at radius 2 is 1.90 bits per heavy atom. The summed E-state index contributed by atoms with van der Waals surface area (Å²) in [5.41, 5.74) is 11.8. The van der Waals surface area contributed by atoms with Crippen LogP contribution >= 0.6 is 0 Å². The molecule has 0 saturated heterocycles. The first-order valence-corrected chi connectivity index (χ1v) is 6.20. The summed E-state index contributed by atoms with van der Waals surface area (Å²) in [5.74, 6) is 0.991. The van der Waals surface area contributed by atoms with Crippen LogP contribution in [0, 0.1) is 0 Å². The molecular formula is C15H16N2O3. The van der Waals surface area contributed by atoms with Gasteiger partial charge in [0.15, 0.2) is 0 Å². The monoisotopic (exact) mass is 272 g/mol. The average Bonchev–Trinajstić information content (AvgIpc) is 2.39. The first-order chi connectivity index (χ1) is 9.60. The summed E-state index contributed by atoms with van der Waals surface area (Å²) in [4.78, 5) is 11.4. The van der Waals surface area contributed by atoms with E-state index in [0.717, 1.165) is 0 Å². The summed E-state index contributed by atoms with van der Waals surface area (Å²) >= 11 is 0. The van der Waals surface area contributed by atoms with Crippen molar-refractivity contribution in [1.29, 1.82) is 0 Å². The minimum Gasteiger partial charge on any atom is -0.494 e. The molecule has 20 heavy (non-hydrogen) atoms. The molecule has 0 heterocycles. The van der Waals surface area contributed by atoms with Crippen LogP contribution in [0.2, 0.25) is 0 Å². The highest BCUT2D eigenvalue weighted by Crippen LogP contribution is 2.29. The lowest BCUT2D eigenvalue weighted by atomic mass is 10.1. The second-order valence-electron chi connectivity index (χ2n) is 4.13. The van der Waals surface area contributed by atoms with Gasteiger partial charge in [0.2, 0.25) is 0 Å². The van der Waals surface area contributed by atoms with Crippen molar-refractivity contribution in [2.24, 2.45) is 5.73 Å². The molecule has 2 rings (SSSR count). The Bertz CT molecular complexity index is 626. The van der Waals surface area contributed by atoms with Crippen LogP contribution in [0.3, 0.4) is 0 Å². The number of benzene rings is 2. The fourth-order valence-corrected chi connectivity index (χ4v) is 1.75. The number of primary amides is 1. The van der Waals surface area contributed by atoms with Gasteiger partial charge in [-0.25, -0.2) is 0 Å². The van der Waals surface area contributed by atoms with Crippen LogP contribution in [0.1, 0.15) is 17.3 Å². The molecule has 2 aromatic carbocycles. The Morgan fingerprint density at radius 1 is 1.15 bits per heavy atom. The van der Waals surface area contributed by atoms with Gasteiger partial charge in [-0.05, 0) is 31.2 Å². The number of carbonyl (C=O) groups excluding carboxylic acids is 1. The Kier molecular flexibility index (Phi) is 4.10. The van der Waals surface area contributed by atoms with Gasteiger partial charge >= 0.3 is 0 Å². The van der Waals surface area contributed by atoms with Gasteiger partial charge in [0.05, 0.1) is 12.2 Å². The number of ether oxygens (including phenoxy) is 2. The van der Waals surface area contributed by atoms with Gasteiger partial charge in [-0.15, -0.1) is 0 Å². The van der Waals surface area contributed by atoms with Crippen LogP contribution in [-0.4, -0.2) is 12.5 Å². The first-order valence-electron chi connectivity index (χ1n) is 6.20. The molecule has 0 aliphatic carbocycles. The fourth-order valence-electron chi connectivity index (χ4n) is 1.75. The van der Waals surface area contributed by atoms with E-state index in [1.807, 2.05) is 13.0 Å². The minimum absolute atomic E-state index is 0.279. The molecule has 0 bridgehead atoms. The molecule has 104 valence electrons. The maximum absolute atomic E-state index is 11.4. The molecule has 5 nitrogen and oxygen atoms in total. The lowest BCUT2D eigenvalue weighted by Crippen LogP contribution is -2.12. The standard InChI is InChI=1S/C15H16N2O3/c1-2-19-11-4-3-5-12(9-11)20-14-8-10(16)6-7-13(14)15(17)18/h3-9H,2,16H2,1H3,(H2,17,18). The Balaban J connectivity index is 2.31. The summed E-state index contributed by atoms with van der Waals surface area (Å²) < 4.78 is 11.1. The average molecular weight is 272 g/mol. The molecule has 5 heteroatoms. The van der Waals surface area contributed by atoms with Crippen molar-refractivity contribution < 1.29 is 14.3 Å². The molecule has 4 N–H and O–H groups in total. The number of hydrogen-bond acceptors (Lipinski definition) is 4. The van der Waals surface area contributed by atoms with E-state index < -0.39 is 5.91 Å².